The average Bonchev–Trinajstić information content (AvgIpc) is 3.11. The van der Waals surface area contributed by atoms with E-state index in [1.54, 1.807) is 23.3 Å². The Morgan fingerprint density at radius 3 is 2.90 bits per heavy atom. The lowest BCUT2D eigenvalue weighted by Gasteiger charge is -2.20. The molecule has 0 fully saturated rings. The number of thiophene rings is 1. The molecule has 7 heteroatoms. The van der Waals surface area contributed by atoms with Gasteiger partial charge >= 0.3 is 0 Å². The van der Waals surface area contributed by atoms with Crippen LogP contribution in [0.2, 0.25) is 0 Å². The summed E-state index contributed by atoms with van der Waals surface area (Å²) in [6, 6.07) is 3.96. The molecule has 0 unspecified atom stereocenters. The smallest absolute Gasteiger partial charge is 0.266 e. The summed E-state index contributed by atoms with van der Waals surface area (Å²) >= 11 is 3.00. The van der Waals surface area contributed by atoms with E-state index in [0.717, 1.165) is 15.6 Å². The third kappa shape index (κ3) is 3.88. The molecular weight excluding hydrogens is 308 g/mol. The Bertz CT molecular complexity index is 581. The number of methoxy groups -OCH3 is 1. The predicted molar refractivity (Wildman–Crippen MR) is 85.0 cm³/mol. The SMILES string of the molecule is COCCN(CCO)C(=O)c1sc(-c2cccs2)nc1C. The van der Waals surface area contributed by atoms with E-state index in [1.807, 2.05) is 24.4 Å². The van der Waals surface area contributed by atoms with Crippen LogP contribution in [0, 0.1) is 6.92 Å². The molecule has 2 aromatic rings. The number of aliphatic hydroxyl groups is 1. The molecule has 0 radical (unpaired) electrons. The van der Waals surface area contributed by atoms with E-state index in [1.165, 1.54) is 11.3 Å². The fraction of sp³-hybridized carbons (Fsp3) is 0.429. The number of carbonyl (C=O) groups excluding carboxylic acids is 1. The van der Waals surface area contributed by atoms with Crippen molar-refractivity contribution in [3.05, 3.63) is 28.1 Å². The third-order valence-electron chi connectivity index (χ3n) is 2.95. The summed E-state index contributed by atoms with van der Waals surface area (Å²) in [5.74, 6) is -0.0982. The second kappa shape index (κ2) is 7.65. The number of nitrogens with zero attached hydrogens (tertiary/aromatic N) is 2. The zero-order chi connectivity index (χ0) is 15.2. The van der Waals surface area contributed by atoms with Crippen molar-refractivity contribution in [2.24, 2.45) is 0 Å². The maximum absolute atomic E-state index is 12.6. The maximum Gasteiger partial charge on any atom is 0.266 e. The molecule has 114 valence electrons. The molecule has 0 aromatic carbocycles. The number of aliphatic hydroxyl groups excluding tert-OH is 1. The lowest BCUT2D eigenvalue weighted by molar-refractivity contribution is 0.0660. The first-order chi connectivity index (χ1) is 10.2. The van der Waals surface area contributed by atoms with Crippen LogP contribution in [0.15, 0.2) is 17.5 Å². The van der Waals surface area contributed by atoms with Crippen molar-refractivity contribution in [2.45, 2.75) is 6.92 Å². The molecule has 0 bridgehead atoms. The number of aromatic nitrogens is 1. The quantitative estimate of drug-likeness (QED) is 0.848. The van der Waals surface area contributed by atoms with Crippen LogP contribution in [0.4, 0.5) is 0 Å². The highest BCUT2D eigenvalue weighted by molar-refractivity contribution is 7.22. The van der Waals surface area contributed by atoms with E-state index >= 15 is 0 Å². The first kappa shape index (κ1) is 16.1. The van der Waals surface area contributed by atoms with Crippen molar-refractivity contribution in [1.82, 2.24) is 9.88 Å². The Morgan fingerprint density at radius 1 is 1.48 bits per heavy atom. The van der Waals surface area contributed by atoms with Crippen LogP contribution < -0.4 is 0 Å². The number of hydrogen-bond acceptors (Lipinski definition) is 6. The van der Waals surface area contributed by atoms with Gasteiger partial charge in [-0.1, -0.05) is 6.07 Å². The van der Waals surface area contributed by atoms with Gasteiger partial charge in [-0.2, -0.15) is 0 Å². The predicted octanol–water partition coefficient (Wildman–Crippen LogP) is 2.26. The minimum absolute atomic E-state index is 0.0644. The molecule has 0 saturated heterocycles. The number of amides is 1. The van der Waals surface area contributed by atoms with E-state index in [2.05, 4.69) is 4.98 Å². The zero-order valence-electron chi connectivity index (χ0n) is 12.0. The Labute approximate surface area is 131 Å². The molecule has 2 rings (SSSR count). The topological polar surface area (TPSA) is 62.7 Å². The number of hydrogen-bond donors (Lipinski definition) is 1. The van der Waals surface area contributed by atoms with Crippen LogP contribution in [-0.4, -0.2) is 54.3 Å². The Balaban J connectivity index is 2.21. The zero-order valence-corrected chi connectivity index (χ0v) is 13.7. The van der Waals surface area contributed by atoms with Crippen molar-refractivity contribution in [3.8, 4) is 9.88 Å². The van der Waals surface area contributed by atoms with Gasteiger partial charge in [0.1, 0.15) is 9.88 Å². The van der Waals surface area contributed by atoms with Gasteiger partial charge < -0.3 is 14.7 Å². The molecule has 0 atom stereocenters. The number of thiazole rings is 1. The number of rotatable bonds is 7. The summed E-state index contributed by atoms with van der Waals surface area (Å²) in [6.45, 7) is 2.98. The molecular formula is C14H18N2O3S2. The van der Waals surface area contributed by atoms with Crippen LogP contribution in [0.1, 0.15) is 15.4 Å². The second-order valence-electron chi connectivity index (χ2n) is 4.42. The second-order valence-corrected chi connectivity index (χ2v) is 6.37. The van der Waals surface area contributed by atoms with Crippen molar-refractivity contribution < 1.29 is 14.6 Å². The highest BCUT2D eigenvalue weighted by Crippen LogP contribution is 2.31. The van der Waals surface area contributed by atoms with E-state index in [9.17, 15) is 4.79 Å². The lowest BCUT2D eigenvalue weighted by atomic mass is 10.3. The summed E-state index contributed by atoms with van der Waals surface area (Å²) in [5, 5.41) is 12.0. The summed E-state index contributed by atoms with van der Waals surface area (Å²) in [6.07, 6.45) is 0. The molecule has 2 heterocycles. The highest BCUT2D eigenvalue weighted by Gasteiger charge is 2.21. The molecule has 0 saturated carbocycles. The van der Waals surface area contributed by atoms with Crippen LogP contribution in [0.5, 0.6) is 0 Å². The minimum atomic E-state index is -0.0982. The monoisotopic (exact) mass is 326 g/mol. The molecule has 0 aliphatic heterocycles. The molecule has 0 aliphatic carbocycles. The van der Waals surface area contributed by atoms with Gasteiger partial charge in [-0.05, 0) is 18.4 Å². The first-order valence-corrected chi connectivity index (χ1v) is 8.27. The first-order valence-electron chi connectivity index (χ1n) is 6.57. The highest BCUT2D eigenvalue weighted by atomic mass is 32.1. The molecule has 2 aromatic heterocycles. The van der Waals surface area contributed by atoms with E-state index in [-0.39, 0.29) is 12.5 Å². The Morgan fingerprint density at radius 2 is 2.29 bits per heavy atom. The van der Waals surface area contributed by atoms with Gasteiger partial charge in [-0.3, -0.25) is 4.79 Å². The Kier molecular flexibility index (Phi) is 5.86. The van der Waals surface area contributed by atoms with Crippen molar-refractivity contribution >= 4 is 28.6 Å². The van der Waals surface area contributed by atoms with Gasteiger partial charge in [0.2, 0.25) is 0 Å². The van der Waals surface area contributed by atoms with Gasteiger partial charge in [-0.15, -0.1) is 22.7 Å². The fourth-order valence-corrected chi connectivity index (χ4v) is 3.71. The maximum atomic E-state index is 12.6. The molecule has 21 heavy (non-hydrogen) atoms. The third-order valence-corrected chi connectivity index (χ3v) is 5.13. The van der Waals surface area contributed by atoms with Gasteiger partial charge in [0.15, 0.2) is 0 Å². The van der Waals surface area contributed by atoms with Crippen LogP contribution in [0.25, 0.3) is 9.88 Å². The summed E-state index contributed by atoms with van der Waals surface area (Å²) < 4.78 is 5.01. The fourth-order valence-electron chi connectivity index (χ4n) is 1.88. The van der Waals surface area contributed by atoms with E-state index in [4.69, 9.17) is 9.84 Å². The molecule has 0 aliphatic rings. The minimum Gasteiger partial charge on any atom is -0.395 e. The van der Waals surface area contributed by atoms with Crippen LogP contribution in [0.3, 0.4) is 0 Å². The summed E-state index contributed by atoms with van der Waals surface area (Å²) in [7, 11) is 1.59. The largest absolute Gasteiger partial charge is 0.395 e. The van der Waals surface area contributed by atoms with Crippen molar-refractivity contribution in [1.29, 1.82) is 0 Å². The molecule has 5 nitrogen and oxygen atoms in total. The van der Waals surface area contributed by atoms with Crippen molar-refractivity contribution in [2.75, 3.05) is 33.4 Å². The van der Waals surface area contributed by atoms with Crippen LogP contribution in [-0.2, 0) is 4.74 Å². The summed E-state index contributed by atoms with van der Waals surface area (Å²) in [5.41, 5.74) is 0.730. The van der Waals surface area contributed by atoms with E-state index < -0.39 is 0 Å². The van der Waals surface area contributed by atoms with Gasteiger partial charge in [0.25, 0.3) is 5.91 Å². The normalized spacial score (nSPS) is 10.8. The van der Waals surface area contributed by atoms with Crippen molar-refractivity contribution in [3.63, 3.8) is 0 Å². The number of aryl methyl sites for hydroxylation is 1. The molecule has 1 N–H and O–H groups in total. The van der Waals surface area contributed by atoms with Gasteiger partial charge in [0, 0.05) is 20.2 Å². The molecule has 0 spiro atoms. The van der Waals surface area contributed by atoms with E-state index in [0.29, 0.717) is 24.6 Å². The summed E-state index contributed by atoms with van der Waals surface area (Å²) in [4.78, 5) is 20.4. The lowest BCUT2D eigenvalue weighted by Crippen LogP contribution is -2.36. The average molecular weight is 326 g/mol. The van der Waals surface area contributed by atoms with Crippen LogP contribution >= 0.6 is 22.7 Å². The van der Waals surface area contributed by atoms with Gasteiger partial charge in [0.05, 0.1) is 23.8 Å². The Hall–Kier alpha value is -1.28. The standard InChI is InChI=1S/C14H18N2O3S2/c1-10-12(14(18)16(5-7-17)6-8-19-2)21-13(15-10)11-4-3-9-20-11/h3-4,9,17H,5-8H2,1-2H3. The van der Waals surface area contributed by atoms with Gasteiger partial charge in [-0.25, -0.2) is 4.98 Å². The molecule has 1 amide bonds. The number of ether oxygens (including phenoxy) is 1. The number of carbonyl (C=O) groups is 1.